The minimum Gasteiger partial charge on any atom is -0.296 e. The summed E-state index contributed by atoms with van der Waals surface area (Å²) in [5, 5.41) is 0. The second kappa shape index (κ2) is 2.74. The van der Waals surface area contributed by atoms with Crippen molar-refractivity contribution in [3.8, 4) is 0 Å². The van der Waals surface area contributed by atoms with E-state index in [2.05, 4.69) is 4.98 Å². The molecule has 1 aromatic heterocycles. The molecule has 1 heterocycles. The van der Waals surface area contributed by atoms with Crippen molar-refractivity contribution in [1.29, 1.82) is 0 Å². The number of aldehydes is 1. The average molecular weight is 157 g/mol. The Morgan fingerprint density at radius 1 is 1.55 bits per heavy atom. The Hall–Kier alpha value is -1.32. The van der Waals surface area contributed by atoms with Gasteiger partial charge in [0.05, 0.1) is 6.20 Å². The number of hydrogen-bond donors (Lipinski definition) is 0. The van der Waals surface area contributed by atoms with Crippen LogP contribution in [0.5, 0.6) is 0 Å². The van der Waals surface area contributed by atoms with Crippen LogP contribution < -0.4 is 0 Å². The number of halogens is 2. The van der Waals surface area contributed by atoms with Crippen molar-refractivity contribution >= 4 is 6.29 Å². The van der Waals surface area contributed by atoms with Crippen molar-refractivity contribution in [2.75, 3.05) is 0 Å². The van der Waals surface area contributed by atoms with Gasteiger partial charge < -0.3 is 0 Å². The maximum absolute atomic E-state index is 12.7. The second-order valence-corrected chi connectivity index (χ2v) is 2.05. The van der Waals surface area contributed by atoms with E-state index < -0.39 is 11.6 Å². The summed E-state index contributed by atoms with van der Waals surface area (Å²) >= 11 is 0. The van der Waals surface area contributed by atoms with Gasteiger partial charge in [-0.3, -0.25) is 4.79 Å². The molecule has 0 aliphatic heterocycles. The summed E-state index contributed by atoms with van der Waals surface area (Å²) in [7, 11) is 0. The lowest BCUT2D eigenvalue weighted by Gasteiger charge is -1.98. The molecule has 11 heavy (non-hydrogen) atoms. The molecule has 1 aromatic rings. The molecule has 0 saturated heterocycles. The van der Waals surface area contributed by atoms with Crippen molar-refractivity contribution in [3.63, 3.8) is 0 Å². The molecule has 0 aliphatic carbocycles. The highest BCUT2D eigenvalue weighted by Crippen LogP contribution is 2.10. The second-order valence-electron chi connectivity index (χ2n) is 2.05. The number of aromatic nitrogens is 1. The van der Waals surface area contributed by atoms with Crippen LogP contribution in [0.25, 0.3) is 0 Å². The van der Waals surface area contributed by atoms with Crippen LogP contribution in [-0.2, 0) is 0 Å². The van der Waals surface area contributed by atoms with Crippen molar-refractivity contribution < 1.29 is 13.6 Å². The summed E-state index contributed by atoms with van der Waals surface area (Å²) in [4.78, 5) is 13.3. The number of hydrogen-bond acceptors (Lipinski definition) is 2. The van der Waals surface area contributed by atoms with E-state index in [1.54, 1.807) is 0 Å². The fraction of sp³-hybridized carbons (Fsp3) is 0.143. The minimum absolute atomic E-state index is 0.179. The van der Waals surface area contributed by atoms with Gasteiger partial charge in [0.1, 0.15) is 11.5 Å². The van der Waals surface area contributed by atoms with Crippen LogP contribution in [0.2, 0.25) is 0 Å². The summed E-state index contributed by atoms with van der Waals surface area (Å²) in [5.74, 6) is -1.63. The fourth-order valence-corrected chi connectivity index (χ4v) is 0.659. The topological polar surface area (TPSA) is 30.0 Å². The third-order valence-corrected chi connectivity index (χ3v) is 1.34. The van der Waals surface area contributed by atoms with Crippen LogP contribution in [0, 0.1) is 18.6 Å². The summed E-state index contributed by atoms with van der Waals surface area (Å²) in [6.07, 6.45) is 1.07. The Balaban J connectivity index is 3.36. The van der Waals surface area contributed by atoms with Crippen LogP contribution in [0.3, 0.4) is 0 Å². The standard InChI is InChI=1S/C7H5F2NO/c1-4-5(8)2-10-6(3-11)7(4)9/h2-3H,1H3. The highest BCUT2D eigenvalue weighted by Gasteiger charge is 2.09. The minimum atomic E-state index is -0.889. The lowest BCUT2D eigenvalue weighted by molar-refractivity contribution is 0.111. The van der Waals surface area contributed by atoms with Gasteiger partial charge in [0.2, 0.25) is 0 Å². The zero-order valence-corrected chi connectivity index (χ0v) is 5.77. The fourth-order valence-electron chi connectivity index (χ4n) is 0.659. The molecule has 0 unspecified atom stereocenters. The van der Waals surface area contributed by atoms with Crippen molar-refractivity contribution in [3.05, 3.63) is 29.1 Å². The van der Waals surface area contributed by atoms with Crippen LogP contribution in [-0.4, -0.2) is 11.3 Å². The normalized spacial score (nSPS) is 9.73. The van der Waals surface area contributed by atoms with Crippen molar-refractivity contribution in [1.82, 2.24) is 4.98 Å². The van der Waals surface area contributed by atoms with E-state index >= 15 is 0 Å². The Kier molecular flexibility index (Phi) is 1.94. The zero-order chi connectivity index (χ0) is 8.43. The van der Waals surface area contributed by atoms with Gasteiger partial charge in [0, 0.05) is 5.56 Å². The molecule has 0 aromatic carbocycles. The van der Waals surface area contributed by atoms with Gasteiger partial charge in [-0.15, -0.1) is 0 Å². The van der Waals surface area contributed by atoms with Crippen molar-refractivity contribution in [2.45, 2.75) is 6.92 Å². The maximum atomic E-state index is 12.7. The molecule has 0 saturated carbocycles. The van der Waals surface area contributed by atoms with Gasteiger partial charge in [-0.25, -0.2) is 13.8 Å². The van der Waals surface area contributed by atoms with E-state index in [0.29, 0.717) is 0 Å². The summed E-state index contributed by atoms with van der Waals surface area (Å²) in [5.41, 5.74) is -0.536. The van der Waals surface area contributed by atoms with E-state index in [0.717, 1.165) is 6.20 Å². The summed E-state index contributed by atoms with van der Waals surface area (Å²) < 4.78 is 25.2. The Labute approximate surface area is 61.9 Å². The van der Waals surface area contributed by atoms with Crippen LogP contribution >= 0.6 is 0 Å². The molecule has 0 N–H and O–H groups in total. The molecule has 0 spiro atoms. The predicted octanol–water partition coefficient (Wildman–Crippen LogP) is 1.48. The predicted molar refractivity (Wildman–Crippen MR) is 34.3 cm³/mol. The number of nitrogens with zero attached hydrogens (tertiary/aromatic N) is 1. The first-order chi connectivity index (χ1) is 5.16. The van der Waals surface area contributed by atoms with Crippen LogP contribution in [0.15, 0.2) is 6.20 Å². The smallest absolute Gasteiger partial charge is 0.171 e. The largest absolute Gasteiger partial charge is 0.296 e. The third kappa shape index (κ3) is 1.24. The third-order valence-electron chi connectivity index (χ3n) is 1.34. The van der Waals surface area contributed by atoms with E-state index in [9.17, 15) is 13.6 Å². The molecule has 4 heteroatoms. The Bertz CT molecular complexity index is 299. The van der Waals surface area contributed by atoms with Gasteiger partial charge in [-0.2, -0.15) is 0 Å². The Morgan fingerprint density at radius 3 is 2.73 bits per heavy atom. The number of pyridine rings is 1. The molecule has 0 radical (unpaired) electrons. The summed E-state index contributed by atoms with van der Waals surface area (Å²) in [6.45, 7) is 1.25. The first-order valence-corrected chi connectivity index (χ1v) is 2.92. The number of carbonyl (C=O) groups excluding carboxylic acids is 1. The lowest BCUT2D eigenvalue weighted by Crippen LogP contribution is -1.98. The van der Waals surface area contributed by atoms with E-state index in [1.165, 1.54) is 6.92 Å². The van der Waals surface area contributed by atoms with Crippen LogP contribution in [0.1, 0.15) is 16.1 Å². The molecule has 0 amide bonds. The average Bonchev–Trinajstić information content (AvgIpc) is 2.01. The van der Waals surface area contributed by atoms with E-state index in [-0.39, 0.29) is 17.5 Å². The number of carbonyl (C=O) groups is 1. The molecule has 2 nitrogen and oxygen atoms in total. The van der Waals surface area contributed by atoms with E-state index in [1.807, 2.05) is 0 Å². The van der Waals surface area contributed by atoms with Gasteiger partial charge >= 0.3 is 0 Å². The molecule has 1 rings (SSSR count). The molecular weight excluding hydrogens is 152 g/mol. The monoisotopic (exact) mass is 157 g/mol. The molecule has 0 aliphatic rings. The van der Waals surface area contributed by atoms with Crippen molar-refractivity contribution in [2.24, 2.45) is 0 Å². The number of rotatable bonds is 1. The maximum Gasteiger partial charge on any atom is 0.171 e. The van der Waals surface area contributed by atoms with Gasteiger partial charge in [0.25, 0.3) is 0 Å². The molecular formula is C7H5F2NO. The first-order valence-electron chi connectivity index (χ1n) is 2.92. The molecule has 0 bridgehead atoms. The lowest BCUT2D eigenvalue weighted by atomic mass is 10.2. The SMILES string of the molecule is Cc1c(F)cnc(C=O)c1F. The quantitative estimate of drug-likeness (QED) is 0.578. The highest BCUT2D eigenvalue weighted by atomic mass is 19.1. The first kappa shape index (κ1) is 7.78. The van der Waals surface area contributed by atoms with Gasteiger partial charge in [0.15, 0.2) is 12.1 Å². The highest BCUT2D eigenvalue weighted by molar-refractivity contribution is 5.72. The molecule has 0 atom stereocenters. The summed E-state index contributed by atoms with van der Waals surface area (Å²) in [6, 6.07) is 0. The zero-order valence-electron chi connectivity index (χ0n) is 5.77. The van der Waals surface area contributed by atoms with Crippen LogP contribution in [0.4, 0.5) is 8.78 Å². The Morgan fingerprint density at radius 2 is 2.18 bits per heavy atom. The molecule has 0 fully saturated rings. The van der Waals surface area contributed by atoms with Gasteiger partial charge in [-0.05, 0) is 6.92 Å². The molecule has 58 valence electrons. The van der Waals surface area contributed by atoms with Gasteiger partial charge in [-0.1, -0.05) is 0 Å². The van der Waals surface area contributed by atoms with E-state index in [4.69, 9.17) is 0 Å².